The van der Waals surface area contributed by atoms with Gasteiger partial charge in [-0.15, -0.1) is 10.2 Å². The SMILES string of the molecule is CCn1cnnc1CNC(=O)N(CC(N)=O)CC(=O)O. The largest absolute Gasteiger partial charge is 0.480 e. The van der Waals surface area contributed by atoms with Gasteiger partial charge < -0.3 is 25.6 Å². The van der Waals surface area contributed by atoms with Gasteiger partial charge >= 0.3 is 12.0 Å². The van der Waals surface area contributed by atoms with E-state index in [0.29, 0.717) is 12.4 Å². The normalized spacial score (nSPS) is 10.1. The molecule has 0 aromatic carbocycles. The number of carboxylic acid groups (broad SMARTS) is 1. The van der Waals surface area contributed by atoms with Crippen LogP contribution in [0.5, 0.6) is 0 Å². The number of aliphatic carboxylic acids is 1. The number of nitrogens with zero attached hydrogens (tertiary/aromatic N) is 4. The maximum Gasteiger partial charge on any atom is 0.323 e. The second-order valence-corrected chi connectivity index (χ2v) is 3.91. The Morgan fingerprint density at radius 2 is 2.15 bits per heavy atom. The van der Waals surface area contributed by atoms with Gasteiger partial charge in [-0.3, -0.25) is 9.59 Å². The van der Waals surface area contributed by atoms with Gasteiger partial charge in [0.25, 0.3) is 0 Å². The van der Waals surface area contributed by atoms with Crippen LogP contribution in [-0.2, 0) is 22.7 Å². The zero-order valence-electron chi connectivity index (χ0n) is 10.9. The summed E-state index contributed by atoms with van der Waals surface area (Å²) < 4.78 is 1.72. The molecule has 3 amide bonds. The van der Waals surface area contributed by atoms with Crippen LogP contribution in [0.25, 0.3) is 0 Å². The van der Waals surface area contributed by atoms with Gasteiger partial charge in [0.15, 0.2) is 5.82 Å². The Hall–Kier alpha value is -2.65. The molecule has 0 aliphatic carbocycles. The third kappa shape index (κ3) is 4.55. The molecule has 0 bridgehead atoms. The van der Waals surface area contributed by atoms with Gasteiger partial charge in [-0.2, -0.15) is 0 Å². The molecule has 0 spiro atoms. The van der Waals surface area contributed by atoms with E-state index in [0.717, 1.165) is 4.90 Å². The van der Waals surface area contributed by atoms with Gasteiger partial charge in [0.1, 0.15) is 19.4 Å². The predicted molar refractivity (Wildman–Crippen MR) is 66.3 cm³/mol. The minimum atomic E-state index is -1.24. The Morgan fingerprint density at radius 3 is 2.70 bits per heavy atom. The van der Waals surface area contributed by atoms with Crippen LogP contribution in [0.4, 0.5) is 4.79 Å². The quantitative estimate of drug-likeness (QED) is 0.549. The second kappa shape index (κ2) is 7.07. The number of hydrogen-bond acceptors (Lipinski definition) is 5. The van der Waals surface area contributed by atoms with Gasteiger partial charge in [-0.25, -0.2) is 4.79 Å². The van der Waals surface area contributed by atoms with Crippen molar-refractivity contribution in [2.75, 3.05) is 13.1 Å². The highest BCUT2D eigenvalue weighted by atomic mass is 16.4. The molecule has 1 aromatic rings. The Labute approximate surface area is 114 Å². The number of aromatic nitrogens is 3. The lowest BCUT2D eigenvalue weighted by Gasteiger charge is -2.19. The van der Waals surface area contributed by atoms with Gasteiger partial charge in [-0.05, 0) is 6.92 Å². The fraction of sp³-hybridized carbons (Fsp3) is 0.500. The van der Waals surface area contributed by atoms with Crippen LogP contribution in [0.2, 0.25) is 0 Å². The monoisotopic (exact) mass is 284 g/mol. The molecule has 0 aliphatic heterocycles. The average molecular weight is 284 g/mol. The highest BCUT2D eigenvalue weighted by Gasteiger charge is 2.19. The second-order valence-electron chi connectivity index (χ2n) is 3.91. The third-order valence-corrected chi connectivity index (χ3v) is 2.39. The van der Waals surface area contributed by atoms with Crippen molar-refractivity contribution < 1.29 is 19.5 Å². The zero-order valence-corrected chi connectivity index (χ0v) is 10.9. The van der Waals surface area contributed by atoms with E-state index in [1.54, 1.807) is 4.57 Å². The number of urea groups is 1. The van der Waals surface area contributed by atoms with E-state index in [2.05, 4.69) is 15.5 Å². The lowest BCUT2D eigenvalue weighted by atomic mass is 10.4. The molecule has 1 heterocycles. The first-order chi connectivity index (χ1) is 9.43. The van der Waals surface area contributed by atoms with Gasteiger partial charge in [0.2, 0.25) is 5.91 Å². The van der Waals surface area contributed by atoms with Gasteiger partial charge in [0, 0.05) is 6.54 Å². The van der Waals surface area contributed by atoms with E-state index in [1.807, 2.05) is 6.92 Å². The minimum Gasteiger partial charge on any atom is -0.480 e. The Kier molecular flexibility index (Phi) is 5.44. The molecule has 0 unspecified atom stereocenters. The Balaban J connectivity index is 2.61. The van der Waals surface area contributed by atoms with Crippen LogP contribution >= 0.6 is 0 Å². The maximum absolute atomic E-state index is 11.8. The third-order valence-electron chi connectivity index (χ3n) is 2.39. The van der Waals surface area contributed by atoms with Gasteiger partial charge in [-0.1, -0.05) is 0 Å². The molecule has 1 aromatic heterocycles. The number of rotatable bonds is 7. The van der Waals surface area contributed by atoms with Crippen molar-refractivity contribution in [1.82, 2.24) is 25.0 Å². The topological polar surface area (TPSA) is 143 Å². The lowest BCUT2D eigenvalue weighted by molar-refractivity contribution is -0.137. The fourth-order valence-corrected chi connectivity index (χ4v) is 1.50. The van der Waals surface area contributed by atoms with Crippen LogP contribution in [-0.4, -0.2) is 55.8 Å². The van der Waals surface area contributed by atoms with Crippen LogP contribution < -0.4 is 11.1 Å². The van der Waals surface area contributed by atoms with Crippen LogP contribution in [0.1, 0.15) is 12.7 Å². The summed E-state index contributed by atoms with van der Waals surface area (Å²) in [4.78, 5) is 34.0. The first-order valence-electron chi connectivity index (χ1n) is 5.83. The van der Waals surface area contributed by atoms with E-state index in [1.165, 1.54) is 6.33 Å². The number of hydrogen-bond donors (Lipinski definition) is 3. The van der Waals surface area contributed by atoms with Crippen molar-refractivity contribution >= 4 is 17.9 Å². The van der Waals surface area contributed by atoms with Crippen molar-refractivity contribution in [1.29, 1.82) is 0 Å². The van der Waals surface area contributed by atoms with Crippen molar-refractivity contribution in [3.05, 3.63) is 12.2 Å². The number of carbonyl (C=O) groups is 3. The van der Waals surface area contributed by atoms with E-state index >= 15 is 0 Å². The molecule has 10 heteroatoms. The van der Waals surface area contributed by atoms with Crippen LogP contribution in [0.3, 0.4) is 0 Å². The predicted octanol–water partition coefficient (Wildman–Crippen LogP) is -1.62. The van der Waals surface area contributed by atoms with Gasteiger partial charge in [0.05, 0.1) is 6.54 Å². The molecular formula is C10H16N6O4. The molecule has 0 saturated carbocycles. The summed E-state index contributed by atoms with van der Waals surface area (Å²) in [7, 11) is 0. The molecule has 10 nitrogen and oxygen atoms in total. The molecule has 0 radical (unpaired) electrons. The fourth-order valence-electron chi connectivity index (χ4n) is 1.50. The molecule has 1 rings (SSSR count). The number of nitrogens with two attached hydrogens (primary N) is 1. The minimum absolute atomic E-state index is 0.0710. The molecule has 0 fully saturated rings. The number of carboxylic acids is 1. The Bertz CT molecular complexity index is 484. The molecule has 0 saturated heterocycles. The number of amides is 3. The van der Waals surface area contributed by atoms with E-state index in [-0.39, 0.29) is 6.54 Å². The van der Waals surface area contributed by atoms with Crippen molar-refractivity contribution in [2.45, 2.75) is 20.0 Å². The highest BCUT2D eigenvalue weighted by molar-refractivity contribution is 5.85. The number of primary amides is 1. The summed E-state index contributed by atoms with van der Waals surface area (Å²) in [5, 5.41) is 18.6. The summed E-state index contributed by atoms with van der Waals surface area (Å²) in [5.74, 6) is -1.51. The van der Waals surface area contributed by atoms with E-state index < -0.39 is 31.0 Å². The van der Waals surface area contributed by atoms with Crippen LogP contribution in [0.15, 0.2) is 6.33 Å². The van der Waals surface area contributed by atoms with Crippen molar-refractivity contribution in [2.24, 2.45) is 5.73 Å². The molecule has 0 aliphatic rings. The first kappa shape index (κ1) is 15.4. The smallest absolute Gasteiger partial charge is 0.323 e. The summed E-state index contributed by atoms with van der Waals surface area (Å²) in [6.07, 6.45) is 1.51. The summed E-state index contributed by atoms with van der Waals surface area (Å²) >= 11 is 0. The lowest BCUT2D eigenvalue weighted by Crippen LogP contribution is -2.46. The summed E-state index contributed by atoms with van der Waals surface area (Å²) in [6, 6.07) is -0.711. The van der Waals surface area contributed by atoms with Crippen molar-refractivity contribution in [3.8, 4) is 0 Å². The van der Waals surface area contributed by atoms with Crippen LogP contribution in [0, 0.1) is 0 Å². The number of aryl methyl sites for hydroxylation is 1. The molecular weight excluding hydrogens is 268 g/mol. The van der Waals surface area contributed by atoms with E-state index in [4.69, 9.17) is 10.8 Å². The number of carbonyl (C=O) groups excluding carboxylic acids is 2. The molecule has 4 N–H and O–H groups in total. The molecule has 20 heavy (non-hydrogen) atoms. The standard InChI is InChI=1S/C10H16N6O4/c1-2-15-6-13-14-8(15)3-12-10(20)16(4-7(11)17)5-9(18)19/h6H,2-5H2,1H3,(H2,11,17)(H,12,20)(H,18,19). The average Bonchev–Trinajstić information content (AvgIpc) is 2.81. The van der Waals surface area contributed by atoms with Crippen molar-refractivity contribution in [3.63, 3.8) is 0 Å². The number of nitrogens with one attached hydrogen (secondary N) is 1. The maximum atomic E-state index is 11.8. The highest BCUT2D eigenvalue weighted by Crippen LogP contribution is 1.96. The molecule has 110 valence electrons. The Morgan fingerprint density at radius 1 is 1.45 bits per heavy atom. The summed E-state index contributed by atoms with van der Waals surface area (Å²) in [6.45, 7) is 1.51. The first-order valence-corrected chi connectivity index (χ1v) is 5.83. The zero-order chi connectivity index (χ0) is 15.1. The summed E-state index contributed by atoms with van der Waals surface area (Å²) in [5.41, 5.74) is 4.96. The van der Waals surface area contributed by atoms with E-state index in [9.17, 15) is 14.4 Å². The molecule has 0 atom stereocenters.